The van der Waals surface area contributed by atoms with Crippen molar-refractivity contribution < 1.29 is 9.84 Å². The molecule has 1 unspecified atom stereocenters. The summed E-state index contributed by atoms with van der Waals surface area (Å²) in [7, 11) is 0. The maximum absolute atomic E-state index is 9.03. The molecule has 1 heterocycles. The van der Waals surface area contributed by atoms with Crippen LogP contribution in [0.15, 0.2) is 24.3 Å². The van der Waals surface area contributed by atoms with E-state index in [0.717, 1.165) is 39.1 Å². The van der Waals surface area contributed by atoms with Gasteiger partial charge < -0.3 is 14.7 Å². The fraction of sp³-hybridized carbons (Fsp3) is 0.647. The van der Waals surface area contributed by atoms with E-state index in [-0.39, 0.29) is 6.61 Å². The third kappa shape index (κ3) is 5.23. The van der Waals surface area contributed by atoms with Crippen LogP contribution in [0.4, 0.5) is 0 Å². The highest BCUT2D eigenvalue weighted by Gasteiger charge is 2.18. The molecule has 1 fully saturated rings. The zero-order valence-electron chi connectivity index (χ0n) is 12.6. The van der Waals surface area contributed by atoms with Gasteiger partial charge in [0.2, 0.25) is 0 Å². The smallest absolute Gasteiger partial charge is 0.0702 e. The number of aliphatic hydroxyl groups is 1. The first-order chi connectivity index (χ1) is 9.78. The van der Waals surface area contributed by atoms with Gasteiger partial charge in [-0.3, -0.25) is 0 Å². The lowest BCUT2D eigenvalue weighted by Crippen LogP contribution is -2.35. The van der Waals surface area contributed by atoms with Gasteiger partial charge in [-0.05, 0) is 38.2 Å². The van der Waals surface area contributed by atoms with Crippen molar-refractivity contribution in [3.05, 3.63) is 35.4 Å². The van der Waals surface area contributed by atoms with E-state index in [1.54, 1.807) is 0 Å². The Bertz CT molecular complexity index is 371. The SMILES string of the molecule is Cc1ccc(CCN(CCCO)CC2CCCO2)cc1. The summed E-state index contributed by atoms with van der Waals surface area (Å²) in [5, 5.41) is 9.03. The summed E-state index contributed by atoms with van der Waals surface area (Å²) in [4.78, 5) is 2.44. The van der Waals surface area contributed by atoms with E-state index in [0.29, 0.717) is 6.10 Å². The fourth-order valence-electron chi connectivity index (χ4n) is 2.71. The summed E-state index contributed by atoms with van der Waals surface area (Å²) in [5.41, 5.74) is 2.70. The standard InChI is InChI=1S/C17H27NO2/c1-15-5-7-16(8-6-15)9-11-18(10-3-12-19)14-17-4-2-13-20-17/h5-8,17,19H,2-4,9-14H2,1H3. The largest absolute Gasteiger partial charge is 0.396 e. The summed E-state index contributed by atoms with van der Waals surface area (Å²) in [6.07, 6.45) is 4.68. The molecular formula is C17H27NO2. The molecule has 3 heteroatoms. The summed E-state index contributed by atoms with van der Waals surface area (Å²) in [6, 6.07) is 8.78. The topological polar surface area (TPSA) is 32.7 Å². The van der Waals surface area contributed by atoms with Crippen LogP contribution in [0.25, 0.3) is 0 Å². The fourth-order valence-corrected chi connectivity index (χ4v) is 2.71. The van der Waals surface area contributed by atoms with Gasteiger partial charge in [0.15, 0.2) is 0 Å². The van der Waals surface area contributed by atoms with Crippen molar-refractivity contribution in [1.29, 1.82) is 0 Å². The van der Waals surface area contributed by atoms with Crippen molar-refractivity contribution in [3.63, 3.8) is 0 Å². The van der Waals surface area contributed by atoms with E-state index in [9.17, 15) is 0 Å². The van der Waals surface area contributed by atoms with Gasteiger partial charge >= 0.3 is 0 Å². The Kier molecular flexibility index (Phi) is 6.51. The molecule has 1 aromatic rings. The Morgan fingerprint density at radius 3 is 2.70 bits per heavy atom. The normalized spacial score (nSPS) is 18.9. The molecule has 1 aliphatic rings. The average Bonchev–Trinajstić information content (AvgIpc) is 2.96. The van der Waals surface area contributed by atoms with Crippen molar-refractivity contribution >= 4 is 0 Å². The number of rotatable bonds is 8. The number of nitrogens with zero attached hydrogens (tertiary/aromatic N) is 1. The Balaban J connectivity index is 1.80. The summed E-state index contributed by atoms with van der Waals surface area (Å²) in [5.74, 6) is 0. The first-order valence-corrected chi connectivity index (χ1v) is 7.78. The molecule has 1 atom stereocenters. The zero-order valence-corrected chi connectivity index (χ0v) is 12.6. The number of aryl methyl sites for hydroxylation is 1. The van der Waals surface area contributed by atoms with Crippen LogP contribution in [0.3, 0.4) is 0 Å². The van der Waals surface area contributed by atoms with Crippen molar-refractivity contribution in [2.24, 2.45) is 0 Å². The molecule has 112 valence electrons. The molecule has 1 N–H and O–H groups in total. The van der Waals surface area contributed by atoms with Gasteiger partial charge in [-0.1, -0.05) is 29.8 Å². The predicted octanol–water partition coefficient (Wildman–Crippen LogP) is 2.40. The van der Waals surface area contributed by atoms with Gasteiger partial charge in [-0.15, -0.1) is 0 Å². The van der Waals surface area contributed by atoms with Crippen molar-refractivity contribution in [2.75, 3.05) is 32.8 Å². The zero-order chi connectivity index (χ0) is 14.2. The molecule has 1 saturated heterocycles. The van der Waals surface area contributed by atoms with Crippen LogP contribution >= 0.6 is 0 Å². The number of aliphatic hydroxyl groups excluding tert-OH is 1. The van der Waals surface area contributed by atoms with E-state index in [1.807, 2.05) is 0 Å². The van der Waals surface area contributed by atoms with Crippen LogP contribution in [-0.4, -0.2) is 49.0 Å². The molecule has 0 radical (unpaired) electrons. The molecular weight excluding hydrogens is 250 g/mol. The molecule has 1 aliphatic heterocycles. The highest BCUT2D eigenvalue weighted by Crippen LogP contribution is 2.14. The van der Waals surface area contributed by atoms with Crippen LogP contribution in [-0.2, 0) is 11.2 Å². The molecule has 0 amide bonds. The maximum Gasteiger partial charge on any atom is 0.0702 e. The van der Waals surface area contributed by atoms with E-state index >= 15 is 0 Å². The Morgan fingerprint density at radius 2 is 2.05 bits per heavy atom. The van der Waals surface area contributed by atoms with Crippen molar-refractivity contribution in [3.8, 4) is 0 Å². The first-order valence-electron chi connectivity index (χ1n) is 7.78. The Hall–Kier alpha value is -0.900. The molecule has 1 aromatic carbocycles. The second-order valence-corrected chi connectivity index (χ2v) is 5.75. The van der Waals surface area contributed by atoms with Crippen LogP contribution in [0, 0.1) is 6.92 Å². The summed E-state index contributed by atoms with van der Waals surface area (Å²) >= 11 is 0. The van der Waals surface area contributed by atoms with Crippen molar-refractivity contribution in [2.45, 2.75) is 38.7 Å². The van der Waals surface area contributed by atoms with Gasteiger partial charge in [0.25, 0.3) is 0 Å². The predicted molar refractivity (Wildman–Crippen MR) is 82.0 cm³/mol. The van der Waals surface area contributed by atoms with E-state index in [1.165, 1.54) is 24.0 Å². The van der Waals surface area contributed by atoms with Gasteiger partial charge in [-0.25, -0.2) is 0 Å². The molecule has 2 rings (SSSR count). The maximum atomic E-state index is 9.03. The highest BCUT2D eigenvalue weighted by molar-refractivity contribution is 5.21. The quantitative estimate of drug-likeness (QED) is 0.792. The van der Waals surface area contributed by atoms with Crippen LogP contribution in [0.5, 0.6) is 0 Å². The molecule has 0 bridgehead atoms. The molecule has 3 nitrogen and oxygen atoms in total. The minimum atomic E-state index is 0.270. The van der Waals surface area contributed by atoms with Crippen LogP contribution < -0.4 is 0 Å². The summed E-state index contributed by atoms with van der Waals surface area (Å²) in [6.45, 7) is 6.31. The molecule has 0 spiro atoms. The number of ether oxygens (including phenoxy) is 1. The van der Waals surface area contributed by atoms with E-state index < -0.39 is 0 Å². The third-order valence-corrected chi connectivity index (χ3v) is 3.96. The van der Waals surface area contributed by atoms with Gasteiger partial charge in [0.05, 0.1) is 6.10 Å². The monoisotopic (exact) mass is 277 g/mol. The Morgan fingerprint density at radius 1 is 1.25 bits per heavy atom. The van der Waals surface area contributed by atoms with Gasteiger partial charge in [-0.2, -0.15) is 0 Å². The van der Waals surface area contributed by atoms with Gasteiger partial charge in [0, 0.05) is 32.8 Å². The van der Waals surface area contributed by atoms with Gasteiger partial charge in [0.1, 0.15) is 0 Å². The van der Waals surface area contributed by atoms with Crippen LogP contribution in [0.1, 0.15) is 30.4 Å². The number of benzene rings is 1. The minimum absolute atomic E-state index is 0.270. The van der Waals surface area contributed by atoms with Crippen molar-refractivity contribution in [1.82, 2.24) is 4.90 Å². The number of hydrogen-bond acceptors (Lipinski definition) is 3. The minimum Gasteiger partial charge on any atom is -0.396 e. The second kappa shape index (κ2) is 8.40. The summed E-state index contributed by atoms with van der Waals surface area (Å²) < 4.78 is 5.73. The lowest BCUT2D eigenvalue weighted by atomic mass is 10.1. The lowest BCUT2D eigenvalue weighted by molar-refractivity contribution is 0.0711. The van der Waals surface area contributed by atoms with E-state index in [4.69, 9.17) is 9.84 Å². The number of hydrogen-bond donors (Lipinski definition) is 1. The average molecular weight is 277 g/mol. The first kappa shape index (κ1) is 15.5. The molecule has 0 aliphatic carbocycles. The molecule has 0 saturated carbocycles. The highest BCUT2D eigenvalue weighted by atomic mass is 16.5. The third-order valence-electron chi connectivity index (χ3n) is 3.96. The van der Waals surface area contributed by atoms with Crippen LogP contribution in [0.2, 0.25) is 0 Å². The van der Waals surface area contributed by atoms with E-state index in [2.05, 4.69) is 36.1 Å². The molecule has 0 aromatic heterocycles. The Labute approximate surface area is 122 Å². The second-order valence-electron chi connectivity index (χ2n) is 5.75. The lowest BCUT2D eigenvalue weighted by Gasteiger charge is -2.25. The molecule has 20 heavy (non-hydrogen) atoms.